The van der Waals surface area contributed by atoms with Crippen LogP contribution in [0.4, 0.5) is 0 Å². The molecule has 37 heavy (non-hydrogen) atoms. The van der Waals surface area contributed by atoms with Gasteiger partial charge in [-0.05, 0) is 67.1 Å². The molecule has 6 heteroatoms. The largest absolute Gasteiger partial charge is 0.483 e. The monoisotopic (exact) mass is 562 g/mol. The van der Waals surface area contributed by atoms with Crippen LogP contribution in [0.2, 0.25) is 0 Å². The summed E-state index contributed by atoms with van der Waals surface area (Å²) in [5.41, 5.74) is 4.07. The zero-order valence-corrected chi connectivity index (χ0v) is 23.2. The van der Waals surface area contributed by atoms with Crippen LogP contribution in [0.1, 0.15) is 47.9 Å². The summed E-state index contributed by atoms with van der Waals surface area (Å²) in [6.45, 7) is 4.18. The molecule has 0 aliphatic heterocycles. The van der Waals surface area contributed by atoms with Crippen molar-refractivity contribution in [3.63, 3.8) is 0 Å². The van der Waals surface area contributed by atoms with E-state index in [1.807, 2.05) is 86.6 Å². The number of amides is 2. The lowest BCUT2D eigenvalue weighted by Crippen LogP contribution is -2.53. The first-order valence-corrected chi connectivity index (χ1v) is 13.8. The third-order valence-electron chi connectivity index (χ3n) is 7.12. The highest BCUT2D eigenvalue weighted by atomic mass is 79.9. The molecule has 0 spiro atoms. The van der Waals surface area contributed by atoms with Crippen LogP contribution in [0, 0.1) is 13.8 Å². The number of rotatable bonds is 10. The van der Waals surface area contributed by atoms with Gasteiger partial charge in [0.25, 0.3) is 5.91 Å². The predicted molar refractivity (Wildman–Crippen MR) is 150 cm³/mol. The van der Waals surface area contributed by atoms with Crippen LogP contribution in [-0.4, -0.2) is 35.4 Å². The van der Waals surface area contributed by atoms with E-state index in [-0.39, 0.29) is 24.5 Å². The molecule has 1 aliphatic rings. The molecule has 194 valence electrons. The maximum Gasteiger partial charge on any atom is 0.261 e. The first-order chi connectivity index (χ1) is 17.9. The van der Waals surface area contributed by atoms with Gasteiger partial charge < -0.3 is 15.0 Å². The lowest BCUT2D eigenvalue weighted by atomic mass is 10.0. The maximum absolute atomic E-state index is 13.8. The fourth-order valence-corrected chi connectivity index (χ4v) is 5.30. The summed E-state index contributed by atoms with van der Waals surface area (Å²) in [6, 6.07) is 23.1. The highest BCUT2D eigenvalue weighted by Crippen LogP contribution is 2.23. The van der Waals surface area contributed by atoms with Gasteiger partial charge in [-0.1, -0.05) is 83.4 Å². The molecule has 1 aliphatic carbocycles. The number of hydrogen-bond donors (Lipinski definition) is 1. The summed E-state index contributed by atoms with van der Waals surface area (Å²) in [5, 5.41) is 3.24. The van der Waals surface area contributed by atoms with Crippen LogP contribution in [0.5, 0.6) is 5.75 Å². The van der Waals surface area contributed by atoms with Gasteiger partial charge in [0.2, 0.25) is 5.91 Å². The molecule has 2 amide bonds. The van der Waals surface area contributed by atoms with Crippen molar-refractivity contribution in [2.75, 3.05) is 6.61 Å². The quantitative estimate of drug-likeness (QED) is 0.322. The normalized spacial score (nSPS) is 14.2. The lowest BCUT2D eigenvalue weighted by Gasteiger charge is -2.32. The van der Waals surface area contributed by atoms with Gasteiger partial charge in [0.15, 0.2) is 6.61 Å². The average molecular weight is 564 g/mol. The summed E-state index contributed by atoms with van der Waals surface area (Å²) in [7, 11) is 0. The SMILES string of the molecule is Cc1cccc(OCC(=O)N(Cc2cccc(Br)c2)[C@H](Cc2ccccc2)C(=O)NC2CCCC2)c1C. The molecule has 0 radical (unpaired) electrons. The predicted octanol–water partition coefficient (Wildman–Crippen LogP) is 6.14. The Kier molecular flexibility index (Phi) is 9.40. The van der Waals surface area contributed by atoms with Gasteiger partial charge in [0.1, 0.15) is 11.8 Å². The highest BCUT2D eigenvalue weighted by Gasteiger charge is 2.32. The fraction of sp³-hybridized carbons (Fsp3) is 0.355. The van der Waals surface area contributed by atoms with E-state index < -0.39 is 6.04 Å². The van der Waals surface area contributed by atoms with Crippen molar-refractivity contribution in [2.24, 2.45) is 0 Å². The van der Waals surface area contributed by atoms with E-state index in [9.17, 15) is 9.59 Å². The Labute approximate surface area is 228 Å². The second kappa shape index (κ2) is 12.9. The smallest absolute Gasteiger partial charge is 0.261 e. The van der Waals surface area contributed by atoms with Crippen LogP contribution >= 0.6 is 15.9 Å². The topological polar surface area (TPSA) is 58.6 Å². The molecule has 0 aromatic heterocycles. The van der Waals surface area contributed by atoms with Gasteiger partial charge >= 0.3 is 0 Å². The number of carbonyl (C=O) groups excluding carboxylic acids is 2. The van der Waals surface area contributed by atoms with Crippen LogP contribution in [0.3, 0.4) is 0 Å². The Bertz CT molecular complexity index is 1210. The number of carbonyl (C=O) groups is 2. The Morgan fingerprint density at radius 3 is 2.41 bits per heavy atom. The second-order valence-electron chi connectivity index (χ2n) is 9.83. The minimum Gasteiger partial charge on any atom is -0.483 e. The number of halogens is 1. The van der Waals surface area contributed by atoms with Crippen molar-refractivity contribution in [3.05, 3.63) is 99.5 Å². The van der Waals surface area contributed by atoms with Crippen molar-refractivity contribution < 1.29 is 14.3 Å². The zero-order chi connectivity index (χ0) is 26.2. The molecule has 5 nitrogen and oxygen atoms in total. The molecule has 1 atom stereocenters. The van der Waals surface area contributed by atoms with Crippen LogP contribution in [0.15, 0.2) is 77.3 Å². The first-order valence-electron chi connectivity index (χ1n) is 13.0. The molecule has 0 bridgehead atoms. The molecule has 3 aromatic rings. The Balaban J connectivity index is 1.62. The van der Waals surface area contributed by atoms with Gasteiger partial charge in [-0.2, -0.15) is 0 Å². The minimum atomic E-state index is -0.656. The number of hydrogen-bond acceptors (Lipinski definition) is 3. The van der Waals surface area contributed by atoms with Crippen molar-refractivity contribution in [2.45, 2.75) is 64.6 Å². The zero-order valence-electron chi connectivity index (χ0n) is 21.6. The van der Waals surface area contributed by atoms with E-state index in [4.69, 9.17) is 4.74 Å². The molecular weight excluding hydrogens is 528 g/mol. The van der Waals surface area contributed by atoms with Gasteiger partial charge in [-0.3, -0.25) is 9.59 Å². The van der Waals surface area contributed by atoms with E-state index in [0.29, 0.717) is 18.7 Å². The number of ether oxygens (including phenoxy) is 1. The van der Waals surface area contributed by atoms with E-state index >= 15 is 0 Å². The van der Waals surface area contributed by atoms with Crippen molar-refractivity contribution >= 4 is 27.7 Å². The maximum atomic E-state index is 13.8. The Morgan fingerprint density at radius 1 is 0.973 bits per heavy atom. The molecular formula is C31H35BrN2O3. The minimum absolute atomic E-state index is 0.106. The third kappa shape index (κ3) is 7.45. The van der Waals surface area contributed by atoms with Crippen LogP contribution in [-0.2, 0) is 22.6 Å². The fourth-order valence-electron chi connectivity index (χ4n) is 4.86. The first kappa shape index (κ1) is 26.9. The molecule has 4 rings (SSSR count). The summed E-state index contributed by atoms with van der Waals surface area (Å²) in [5.74, 6) is 0.361. The molecule has 1 saturated carbocycles. The molecule has 1 N–H and O–H groups in total. The molecule has 0 unspecified atom stereocenters. The van der Waals surface area contributed by atoms with Crippen molar-refractivity contribution in [1.29, 1.82) is 0 Å². The third-order valence-corrected chi connectivity index (χ3v) is 7.61. The second-order valence-corrected chi connectivity index (χ2v) is 10.7. The molecule has 0 heterocycles. The lowest BCUT2D eigenvalue weighted by molar-refractivity contribution is -0.143. The summed E-state index contributed by atoms with van der Waals surface area (Å²) < 4.78 is 6.93. The van der Waals surface area contributed by atoms with Gasteiger partial charge in [0, 0.05) is 23.5 Å². The van der Waals surface area contributed by atoms with E-state index in [1.165, 1.54) is 0 Å². The van der Waals surface area contributed by atoms with Crippen molar-refractivity contribution in [1.82, 2.24) is 10.2 Å². The number of aryl methyl sites for hydroxylation is 1. The summed E-state index contributed by atoms with van der Waals surface area (Å²) in [4.78, 5) is 29.2. The van der Waals surface area contributed by atoms with Crippen LogP contribution < -0.4 is 10.1 Å². The summed E-state index contributed by atoms with van der Waals surface area (Å²) >= 11 is 3.54. The Morgan fingerprint density at radius 2 is 1.68 bits per heavy atom. The highest BCUT2D eigenvalue weighted by molar-refractivity contribution is 9.10. The van der Waals surface area contributed by atoms with Crippen molar-refractivity contribution in [3.8, 4) is 5.75 Å². The standard InChI is InChI=1S/C31H35BrN2O3/c1-22-10-8-17-29(23(22)2)37-21-30(35)34(20-25-13-9-14-26(32)18-25)28(19-24-11-4-3-5-12-24)31(36)33-27-15-6-7-16-27/h3-5,8-14,17-18,27-28H,6-7,15-16,19-21H2,1-2H3,(H,33,36)/t28-/m1/s1. The van der Waals surface area contributed by atoms with Crippen LogP contribution in [0.25, 0.3) is 0 Å². The van der Waals surface area contributed by atoms with Gasteiger partial charge in [-0.25, -0.2) is 0 Å². The average Bonchev–Trinajstić information content (AvgIpc) is 3.40. The molecule has 0 saturated heterocycles. The Hall–Kier alpha value is -3.12. The van der Waals surface area contributed by atoms with E-state index in [1.54, 1.807) is 4.90 Å². The van der Waals surface area contributed by atoms with Gasteiger partial charge in [0.05, 0.1) is 0 Å². The summed E-state index contributed by atoms with van der Waals surface area (Å²) in [6.07, 6.45) is 4.65. The van der Waals surface area contributed by atoms with E-state index in [2.05, 4.69) is 21.2 Å². The number of nitrogens with zero attached hydrogens (tertiary/aromatic N) is 1. The molecule has 1 fully saturated rings. The van der Waals surface area contributed by atoms with Gasteiger partial charge in [-0.15, -0.1) is 0 Å². The molecule has 3 aromatic carbocycles. The number of nitrogens with one attached hydrogen (secondary N) is 1. The number of benzene rings is 3. The van der Waals surface area contributed by atoms with E-state index in [0.717, 1.165) is 52.4 Å².